The Morgan fingerprint density at radius 1 is 1.27 bits per heavy atom. The Labute approximate surface area is 134 Å². The number of carbonyl (C=O) groups excluding carboxylic acids is 1. The van der Waals surface area contributed by atoms with Gasteiger partial charge in [0.1, 0.15) is 6.61 Å². The molecule has 1 aliphatic rings. The molecule has 130 valence electrons. The molecule has 0 bridgehead atoms. The molecule has 0 radical (unpaired) electrons. The molecular formula is C17H32O5. The number of rotatable bonds is 11. The van der Waals surface area contributed by atoms with Crippen LogP contribution in [0.15, 0.2) is 0 Å². The van der Waals surface area contributed by atoms with Gasteiger partial charge in [0.05, 0.1) is 18.8 Å². The van der Waals surface area contributed by atoms with Gasteiger partial charge < -0.3 is 19.3 Å². The SMILES string of the molecule is CC(O)COC(=O)CCCCCCCCC1(C)OCC(C)O1. The quantitative estimate of drug-likeness (QED) is 0.468. The summed E-state index contributed by atoms with van der Waals surface area (Å²) in [5.74, 6) is -0.592. The number of carbonyl (C=O) groups is 1. The maximum Gasteiger partial charge on any atom is 0.305 e. The molecule has 0 aliphatic carbocycles. The van der Waals surface area contributed by atoms with Crippen LogP contribution in [-0.4, -0.2) is 42.3 Å². The van der Waals surface area contributed by atoms with Crippen molar-refractivity contribution < 1.29 is 24.1 Å². The number of hydrogen-bond acceptors (Lipinski definition) is 5. The lowest BCUT2D eigenvalue weighted by molar-refractivity contribution is -0.157. The van der Waals surface area contributed by atoms with E-state index in [0.717, 1.165) is 32.1 Å². The Hall–Kier alpha value is -0.650. The van der Waals surface area contributed by atoms with Crippen LogP contribution in [0, 0.1) is 0 Å². The number of hydrogen-bond donors (Lipinski definition) is 1. The van der Waals surface area contributed by atoms with Gasteiger partial charge in [-0.1, -0.05) is 25.7 Å². The smallest absolute Gasteiger partial charge is 0.305 e. The molecule has 0 spiro atoms. The zero-order valence-corrected chi connectivity index (χ0v) is 14.3. The average molecular weight is 316 g/mol. The first-order valence-corrected chi connectivity index (χ1v) is 8.57. The van der Waals surface area contributed by atoms with Crippen LogP contribution < -0.4 is 0 Å². The Balaban J connectivity index is 1.88. The molecule has 0 aromatic carbocycles. The minimum Gasteiger partial charge on any atom is -0.463 e. The Morgan fingerprint density at radius 3 is 2.50 bits per heavy atom. The van der Waals surface area contributed by atoms with Crippen LogP contribution in [0.1, 0.15) is 72.1 Å². The second-order valence-electron chi connectivity index (χ2n) is 6.53. The summed E-state index contributed by atoms with van der Waals surface area (Å²) in [5, 5.41) is 9.01. The van der Waals surface area contributed by atoms with Crippen LogP contribution in [0.25, 0.3) is 0 Å². The van der Waals surface area contributed by atoms with E-state index in [2.05, 4.69) is 0 Å². The number of unbranched alkanes of at least 4 members (excludes halogenated alkanes) is 5. The topological polar surface area (TPSA) is 65.0 Å². The maximum absolute atomic E-state index is 11.3. The molecule has 5 heteroatoms. The van der Waals surface area contributed by atoms with Gasteiger partial charge in [0.25, 0.3) is 0 Å². The second-order valence-corrected chi connectivity index (χ2v) is 6.53. The summed E-state index contributed by atoms with van der Waals surface area (Å²) in [6, 6.07) is 0. The van der Waals surface area contributed by atoms with Crippen molar-refractivity contribution >= 4 is 5.97 Å². The lowest BCUT2D eigenvalue weighted by Crippen LogP contribution is -2.25. The molecule has 0 saturated carbocycles. The van der Waals surface area contributed by atoms with Gasteiger partial charge in [-0.3, -0.25) is 4.79 Å². The maximum atomic E-state index is 11.3. The van der Waals surface area contributed by atoms with Crippen LogP contribution in [0.3, 0.4) is 0 Å². The molecule has 1 aliphatic heterocycles. The summed E-state index contributed by atoms with van der Waals surface area (Å²) in [4.78, 5) is 11.3. The highest BCUT2D eigenvalue weighted by Gasteiger charge is 2.34. The number of aliphatic hydroxyl groups is 1. The van der Waals surface area contributed by atoms with Gasteiger partial charge in [-0.15, -0.1) is 0 Å². The van der Waals surface area contributed by atoms with Gasteiger partial charge in [-0.2, -0.15) is 0 Å². The van der Waals surface area contributed by atoms with E-state index in [-0.39, 0.29) is 24.5 Å². The van der Waals surface area contributed by atoms with Gasteiger partial charge >= 0.3 is 5.97 Å². The lowest BCUT2D eigenvalue weighted by Gasteiger charge is -2.22. The molecule has 3 atom stereocenters. The Bertz CT molecular complexity index is 318. The van der Waals surface area contributed by atoms with E-state index >= 15 is 0 Å². The zero-order chi connectivity index (χ0) is 16.4. The first-order chi connectivity index (χ1) is 10.4. The predicted octanol–water partition coefficient (Wildman–Crippen LogP) is 3.18. The van der Waals surface area contributed by atoms with Gasteiger partial charge in [0, 0.05) is 12.8 Å². The standard InChI is InChI=1S/C17H32O5/c1-14(18)12-20-16(19)10-8-6-4-5-7-9-11-17(3)21-13-15(2)22-17/h14-15,18H,4-13H2,1-3H3. The van der Waals surface area contributed by atoms with E-state index in [1.54, 1.807) is 6.92 Å². The highest BCUT2D eigenvalue weighted by molar-refractivity contribution is 5.69. The van der Waals surface area contributed by atoms with Crippen molar-refractivity contribution in [2.45, 2.75) is 90.1 Å². The molecular weight excluding hydrogens is 284 g/mol. The highest BCUT2D eigenvalue weighted by atomic mass is 16.7. The summed E-state index contributed by atoms with van der Waals surface area (Å²) in [5.41, 5.74) is 0. The zero-order valence-electron chi connectivity index (χ0n) is 14.3. The van der Waals surface area contributed by atoms with Gasteiger partial charge in [0.15, 0.2) is 5.79 Å². The van der Waals surface area contributed by atoms with Crippen LogP contribution in [-0.2, 0) is 19.0 Å². The van der Waals surface area contributed by atoms with E-state index in [4.69, 9.17) is 19.3 Å². The van der Waals surface area contributed by atoms with Crippen molar-refractivity contribution in [1.82, 2.24) is 0 Å². The fourth-order valence-electron chi connectivity index (χ4n) is 2.63. The molecule has 1 N–H and O–H groups in total. The molecule has 1 fully saturated rings. The van der Waals surface area contributed by atoms with E-state index in [0.29, 0.717) is 13.0 Å². The first kappa shape index (κ1) is 19.4. The molecule has 0 aromatic heterocycles. The van der Waals surface area contributed by atoms with E-state index in [9.17, 15) is 4.79 Å². The van der Waals surface area contributed by atoms with E-state index in [1.165, 1.54) is 12.8 Å². The van der Waals surface area contributed by atoms with Crippen LogP contribution in [0.2, 0.25) is 0 Å². The van der Waals surface area contributed by atoms with Crippen molar-refractivity contribution in [3.05, 3.63) is 0 Å². The van der Waals surface area contributed by atoms with Crippen molar-refractivity contribution in [3.63, 3.8) is 0 Å². The third kappa shape index (κ3) is 8.71. The van der Waals surface area contributed by atoms with E-state index in [1.807, 2.05) is 13.8 Å². The Morgan fingerprint density at radius 2 is 1.91 bits per heavy atom. The molecule has 5 nitrogen and oxygen atoms in total. The second kappa shape index (κ2) is 10.2. The van der Waals surface area contributed by atoms with Crippen molar-refractivity contribution in [3.8, 4) is 0 Å². The van der Waals surface area contributed by atoms with E-state index < -0.39 is 6.10 Å². The molecule has 1 rings (SSSR count). The summed E-state index contributed by atoms with van der Waals surface area (Å²) in [7, 11) is 0. The molecule has 22 heavy (non-hydrogen) atoms. The van der Waals surface area contributed by atoms with Crippen molar-refractivity contribution in [2.75, 3.05) is 13.2 Å². The Kier molecular flexibility index (Phi) is 8.98. The van der Waals surface area contributed by atoms with Crippen molar-refractivity contribution in [1.29, 1.82) is 0 Å². The molecule has 0 amide bonds. The molecule has 0 aromatic rings. The first-order valence-electron chi connectivity index (χ1n) is 8.57. The minimum absolute atomic E-state index is 0.0976. The monoisotopic (exact) mass is 316 g/mol. The van der Waals surface area contributed by atoms with Crippen LogP contribution >= 0.6 is 0 Å². The third-order valence-corrected chi connectivity index (χ3v) is 3.82. The minimum atomic E-state index is -0.582. The van der Waals surface area contributed by atoms with Gasteiger partial charge in [-0.05, 0) is 33.6 Å². The summed E-state index contributed by atoms with van der Waals surface area (Å²) >= 11 is 0. The summed E-state index contributed by atoms with van der Waals surface area (Å²) in [6.07, 6.45) is 7.52. The number of aliphatic hydroxyl groups excluding tert-OH is 1. The fraction of sp³-hybridized carbons (Fsp3) is 0.941. The average Bonchev–Trinajstić information content (AvgIpc) is 2.79. The largest absolute Gasteiger partial charge is 0.463 e. The third-order valence-electron chi connectivity index (χ3n) is 3.82. The predicted molar refractivity (Wildman–Crippen MR) is 84.5 cm³/mol. The number of esters is 1. The lowest BCUT2D eigenvalue weighted by atomic mass is 10.1. The fourth-order valence-corrected chi connectivity index (χ4v) is 2.63. The van der Waals surface area contributed by atoms with Crippen LogP contribution in [0.4, 0.5) is 0 Å². The molecule has 3 unspecified atom stereocenters. The highest BCUT2D eigenvalue weighted by Crippen LogP contribution is 2.28. The number of ether oxygens (including phenoxy) is 3. The summed E-state index contributed by atoms with van der Waals surface area (Å²) < 4.78 is 16.3. The van der Waals surface area contributed by atoms with Crippen molar-refractivity contribution in [2.24, 2.45) is 0 Å². The molecule has 1 saturated heterocycles. The normalized spacial score (nSPS) is 26.1. The summed E-state index contributed by atoms with van der Waals surface area (Å²) in [6.45, 7) is 6.46. The van der Waals surface area contributed by atoms with Gasteiger partial charge in [-0.25, -0.2) is 0 Å². The van der Waals surface area contributed by atoms with Crippen LogP contribution in [0.5, 0.6) is 0 Å². The molecule has 1 heterocycles. The van der Waals surface area contributed by atoms with Gasteiger partial charge in [0.2, 0.25) is 0 Å².